The number of aromatic nitrogens is 2. The maximum atomic E-state index is 12.2. The highest BCUT2D eigenvalue weighted by Gasteiger charge is 2.18. The first kappa shape index (κ1) is 15.5. The molecule has 6 nitrogen and oxygen atoms in total. The maximum Gasteiger partial charge on any atom is 0.258 e. The van der Waals surface area contributed by atoms with E-state index in [0.29, 0.717) is 22.6 Å². The van der Waals surface area contributed by atoms with Gasteiger partial charge in [-0.15, -0.1) is 0 Å². The van der Waals surface area contributed by atoms with Crippen molar-refractivity contribution >= 4 is 11.7 Å². The van der Waals surface area contributed by atoms with Crippen LogP contribution in [0.2, 0.25) is 0 Å². The van der Waals surface area contributed by atoms with Crippen LogP contribution in [0.15, 0.2) is 66.9 Å². The van der Waals surface area contributed by atoms with Gasteiger partial charge in [-0.2, -0.15) is 10.4 Å². The van der Waals surface area contributed by atoms with E-state index in [0.717, 1.165) is 0 Å². The van der Waals surface area contributed by atoms with E-state index in [9.17, 15) is 9.90 Å². The monoisotopic (exact) mass is 318 g/mol. The smallest absolute Gasteiger partial charge is 0.258 e. The van der Waals surface area contributed by atoms with E-state index in [-0.39, 0.29) is 0 Å². The Bertz CT molecular complexity index is 879. The second kappa shape index (κ2) is 6.77. The van der Waals surface area contributed by atoms with Crippen LogP contribution >= 0.6 is 0 Å². The highest BCUT2D eigenvalue weighted by Crippen LogP contribution is 2.18. The van der Waals surface area contributed by atoms with Crippen LogP contribution in [-0.2, 0) is 4.79 Å². The van der Waals surface area contributed by atoms with E-state index in [1.807, 2.05) is 12.1 Å². The number of benzene rings is 2. The highest BCUT2D eigenvalue weighted by molar-refractivity contribution is 5.94. The molecule has 1 aromatic heterocycles. The Morgan fingerprint density at radius 2 is 1.83 bits per heavy atom. The summed E-state index contributed by atoms with van der Waals surface area (Å²) in [6, 6.07) is 19.2. The zero-order valence-corrected chi connectivity index (χ0v) is 12.6. The number of nitriles is 1. The summed E-state index contributed by atoms with van der Waals surface area (Å²) in [7, 11) is 0. The molecule has 2 N–H and O–H groups in total. The third-order valence-electron chi connectivity index (χ3n) is 3.50. The molecule has 0 fully saturated rings. The first-order chi connectivity index (χ1) is 11.7. The van der Waals surface area contributed by atoms with Gasteiger partial charge in [0.2, 0.25) is 0 Å². The van der Waals surface area contributed by atoms with Crippen LogP contribution in [0, 0.1) is 11.3 Å². The molecule has 0 bridgehead atoms. The van der Waals surface area contributed by atoms with E-state index in [1.165, 1.54) is 4.68 Å². The lowest BCUT2D eigenvalue weighted by molar-refractivity contribution is -0.124. The quantitative estimate of drug-likeness (QED) is 0.773. The molecule has 1 heterocycles. The van der Waals surface area contributed by atoms with Crippen LogP contribution in [0.4, 0.5) is 5.82 Å². The average Bonchev–Trinajstić information content (AvgIpc) is 3.10. The van der Waals surface area contributed by atoms with Crippen LogP contribution in [-0.4, -0.2) is 20.8 Å². The Morgan fingerprint density at radius 1 is 1.12 bits per heavy atom. The Kier molecular flexibility index (Phi) is 4.36. The number of nitrogens with zero attached hydrogens (tertiary/aromatic N) is 3. The summed E-state index contributed by atoms with van der Waals surface area (Å²) in [5.41, 5.74) is 1.75. The molecule has 1 atom stereocenters. The molecule has 0 aliphatic carbocycles. The summed E-state index contributed by atoms with van der Waals surface area (Å²) in [5.74, 6) is -0.115. The molecule has 0 saturated heterocycles. The molecule has 24 heavy (non-hydrogen) atoms. The third-order valence-corrected chi connectivity index (χ3v) is 3.50. The molecule has 0 aliphatic rings. The number of carbonyl (C=O) groups excluding carboxylic acids is 1. The van der Waals surface area contributed by atoms with E-state index in [4.69, 9.17) is 5.26 Å². The SMILES string of the molecule is N#Cc1ccc(-n2nccc2NC(=O)C(O)c2ccccc2)cc1. The first-order valence-corrected chi connectivity index (χ1v) is 7.27. The summed E-state index contributed by atoms with van der Waals surface area (Å²) in [5, 5.41) is 25.8. The van der Waals surface area contributed by atoms with Crippen LogP contribution in [0.3, 0.4) is 0 Å². The van der Waals surface area contributed by atoms with Gasteiger partial charge in [-0.3, -0.25) is 4.79 Å². The molecule has 3 aromatic rings. The minimum Gasteiger partial charge on any atom is -0.378 e. The number of anilines is 1. The van der Waals surface area contributed by atoms with E-state index in [2.05, 4.69) is 10.4 Å². The molecule has 1 amide bonds. The van der Waals surface area contributed by atoms with Crippen molar-refractivity contribution in [1.82, 2.24) is 9.78 Å². The number of aliphatic hydroxyl groups excluding tert-OH is 1. The molecule has 0 spiro atoms. The fourth-order valence-corrected chi connectivity index (χ4v) is 2.26. The fraction of sp³-hybridized carbons (Fsp3) is 0.0556. The average molecular weight is 318 g/mol. The topological polar surface area (TPSA) is 90.9 Å². The number of amides is 1. The van der Waals surface area contributed by atoms with Crippen molar-refractivity contribution in [2.45, 2.75) is 6.10 Å². The van der Waals surface area contributed by atoms with Crippen molar-refractivity contribution in [1.29, 1.82) is 5.26 Å². The van der Waals surface area contributed by atoms with Crippen LogP contribution in [0.1, 0.15) is 17.2 Å². The normalized spacial score (nSPS) is 11.5. The zero-order chi connectivity index (χ0) is 16.9. The number of rotatable bonds is 4. The van der Waals surface area contributed by atoms with Gasteiger partial charge in [0.15, 0.2) is 6.10 Å². The molecule has 6 heteroatoms. The summed E-state index contributed by atoms with van der Waals surface area (Å²) in [4.78, 5) is 12.2. The van der Waals surface area contributed by atoms with Gasteiger partial charge in [-0.1, -0.05) is 30.3 Å². The Labute approximate surface area is 138 Å². The van der Waals surface area contributed by atoms with E-state index >= 15 is 0 Å². The van der Waals surface area contributed by atoms with Gasteiger partial charge in [0.05, 0.1) is 23.5 Å². The van der Waals surface area contributed by atoms with E-state index in [1.54, 1.807) is 60.8 Å². The van der Waals surface area contributed by atoms with Crippen LogP contribution < -0.4 is 5.32 Å². The Balaban J connectivity index is 1.80. The van der Waals surface area contributed by atoms with Crippen LogP contribution in [0.5, 0.6) is 0 Å². The highest BCUT2D eigenvalue weighted by atomic mass is 16.3. The second-order valence-corrected chi connectivity index (χ2v) is 5.09. The second-order valence-electron chi connectivity index (χ2n) is 5.09. The molecular weight excluding hydrogens is 304 g/mol. The lowest BCUT2D eigenvalue weighted by atomic mass is 10.1. The number of nitrogens with one attached hydrogen (secondary N) is 1. The number of carbonyl (C=O) groups is 1. The molecule has 118 valence electrons. The van der Waals surface area contributed by atoms with Gasteiger partial charge in [0.25, 0.3) is 5.91 Å². The Hall–Kier alpha value is -3.43. The Morgan fingerprint density at radius 3 is 2.50 bits per heavy atom. The molecule has 1 unspecified atom stereocenters. The van der Waals surface area contributed by atoms with Gasteiger partial charge in [0, 0.05) is 6.07 Å². The zero-order valence-electron chi connectivity index (χ0n) is 12.6. The minimum atomic E-state index is -1.27. The van der Waals surface area contributed by atoms with Gasteiger partial charge >= 0.3 is 0 Å². The summed E-state index contributed by atoms with van der Waals surface area (Å²) in [6.07, 6.45) is 0.276. The molecule has 0 radical (unpaired) electrons. The largest absolute Gasteiger partial charge is 0.378 e. The molecule has 0 aliphatic heterocycles. The van der Waals surface area contributed by atoms with Gasteiger partial charge < -0.3 is 10.4 Å². The number of hydrogen-bond acceptors (Lipinski definition) is 4. The van der Waals surface area contributed by atoms with Crippen molar-refractivity contribution < 1.29 is 9.90 Å². The van der Waals surface area contributed by atoms with Crippen molar-refractivity contribution in [2.75, 3.05) is 5.32 Å². The van der Waals surface area contributed by atoms with Crippen molar-refractivity contribution in [2.24, 2.45) is 0 Å². The van der Waals surface area contributed by atoms with Crippen LogP contribution in [0.25, 0.3) is 5.69 Å². The fourth-order valence-electron chi connectivity index (χ4n) is 2.26. The first-order valence-electron chi connectivity index (χ1n) is 7.27. The summed E-state index contributed by atoms with van der Waals surface area (Å²) < 4.78 is 1.52. The van der Waals surface area contributed by atoms with Crippen molar-refractivity contribution in [3.05, 3.63) is 78.0 Å². The number of hydrogen-bond donors (Lipinski definition) is 2. The summed E-state index contributed by atoms with van der Waals surface area (Å²) in [6.45, 7) is 0. The lowest BCUT2D eigenvalue weighted by Crippen LogP contribution is -2.22. The third kappa shape index (κ3) is 3.16. The number of aliphatic hydroxyl groups is 1. The molecule has 0 saturated carbocycles. The predicted octanol–water partition coefficient (Wildman–Crippen LogP) is 2.42. The van der Waals surface area contributed by atoms with Crippen molar-refractivity contribution in [3.63, 3.8) is 0 Å². The lowest BCUT2D eigenvalue weighted by Gasteiger charge is -2.13. The molecular formula is C18H14N4O2. The minimum absolute atomic E-state index is 0.430. The van der Waals surface area contributed by atoms with Gasteiger partial charge in [0.1, 0.15) is 5.82 Å². The van der Waals surface area contributed by atoms with Gasteiger partial charge in [-0.25, -0.2) is 4.68 Å². The van der Waals surface area contributed by atoms with Gasteiger partial charge in [-0.05, 0) is 29.8 Å². The maximum absolute atomic E-state index is 12.2. The molecule has 2 aromatic carbocycles. The van der Waals surface area contributed by atoms with E-state index < -0.39 is 12.0 Å². The summed E-state index contributed by atoms with van der Waals surface area (Å²) >= 11 is 0. The molecule has 3 rings (SSSR count). The van der Waals surface area contributed by atoms with Crippen molar-refractivity contribution in [3.8, 4) is 11.8 Å². The standard InChI is InChI=1S/C18H14N4O2/c19-12-13-6-8-15(9-7-13)22-16(10-11-20-22)21-18(24)17(23)14-4-2-1-3-5-14/h1-11,17,23H,(H,21,24). The predicted molar refractivity (Wildman–Crippen MR) is 88.3 cm³/mol.